The molecular weight excluding hydrogens is 420 g/mol. The number of rotatable bonds is 5. The van der Waals surface area contributed by atoms with Crippen LogP contribution in [0.4, 0.5) is 0 Å². The first-order chi connectivity index (χ1) is 15.0. The lowest BCUT2D eigenvalue weighted by molar-refractivity contribution is -0.127. The molecule has 2 aliphatic heterocycles. The lowest BCUT2D eigenvalue weighted by atomic mass is 10.2. The van der Waals surface area contributed by atoms with Crippen molar-refractivity contribution in [1.29, 1.82) is 0 Å². The van der Waals surface area contributed by atoms with E-state index in [1.807, 2.05) is 24.3 Å². The molecule has 0 saturated carbocycles. The average Bonchev–Trinajstić information content (AvgIpc) is 2.82. The molecule has 0 unspecified atom stereocenters. The number of hydrogen-bond donors (Lipinski definition) is 0. The predicted octanol–water partition coefficient (Wildman–Crippen LogP) is 2.01. The van der Waals surface area contributed by atoms with E-state index in [9.17, 15) is 13.2 Å². The van der Waals surface area contributed by atoms with E-state index in [0.717, 1.165) is 11.3 Å². The van der Waals surface area contributed by atoms with Crippen LogP contribution in [-0.4, -0.2) is 70.0 Å². The largest absolute Gasteiger partial charge is 0.497 e. The molecule has 31 heavy (non-hydrogen) atoms. The van der Waals surface area contributed by atoms with E-state index < -0.39 is 10.0 Å². The Balaban J connectivity index is 1.37. The predicted molar refractivity (Wildman–Crippen MR) is 115 cm³/mol. The molecule has 1 saturated heterocycles. The van der Waals surface area contributed by atoms with Gasteiger partial charge in [0.2, 0.25) is 15.9 Å². The lowest BCUT2D eigenvalue weighted by Crippen LogP contribution is -2.50. The van der Waals surface area contributed by atoms with Crippen molar-refractivity contribution in [1.82, 2.24) is 9.21 Å². The van der Waals surface area contributed by atoms with Crippen LogP contribution < -0.4 is 14.2 Å². The van der Waals surface area contributed by atoms with Crippen molar-refractivity contribution in [2.24, 2.45) is 0 Å². The van der Waals surface area contributed by atoms with Gasteiger partial charge in [0.1, 0.15) is 19.0 Å². The number of amides is 1. The van der Waals surface area contributed by atoms with Crippen LogP contribution in [0.1, 0.15) is 5.56 Å². The van der Waals surface area contributed by atoms with Crippen LogP contribution in [-0.2, 0) is 14.8 Å². The van der Waals surface area contributed by atoms with Crippen molar-refractivity contribution in [3.63, 3.8) is 0 Å². The van der Waals surface area contributed by atoms with E-state index in [1.165, 1.54) is 22.5 Å². The van der Waals surface area contributed by atoms with Gasteiger partial charge in [0, 0.05) is 38.3 Å². The van der Waals surface area contributed by atoms with Crippen LogP contribution >= 0.6 is 0 Å². The first-order valence-corrected chi connectivity index (χ1v) is 11.4. The molecule has 0 atom stereocenters. The SMILES string of the molecule is COc1ccc(/C=C/C(=O)N2CCN(S(=O)(=O)c3ccc4c(c3)OCCO4)CC2)cc1. The fourth-order valence-electron chi connectivity index (χ4n) is 3.47. The Bertz CT molecular complexity index is 1070. The highest BCUT2D eigenvalue weighted by atomic mass is 32.2. The van der Waals surface area contributed by atoms with Gasteiger partial charge in [0.05, 0.1) is 12.0 Å². The van der Waals surface area contributed by atoms with Gasteiger partial charge in [-0.3, -0.25) is 4.79 Å². The Kier molecular flexibility index (Phi) is 6.15. The van der Waals surface area contributed by atoms with Crippen LogP contribution in [0.2, 0.25) is 0 Å². The van der Waals surface area contributed by atoms with Crippen LogP contribution in [0.3, 0.4) is 0 Å². The lowest BCUT2D eigenvalue weighted by Gasteiger charge is -2.33. The van der Waals surface area contributed by atoms with Gasteiger partial charge in [-0.2, -0.15) is 4.31 Å². The molecule has 4 rings (SSSR count). The van der Waals surface area contributed by atoms with Gasteiger partial charge in [0.25, 0.3) is 0 Å². The summed E-state index contributed by atoms with van der Waals surface area (Å²) in [4.78, 5) is 14.3. The summed E-state index contributed by atoms with van der Waals surface area (Å²) in [5, 5.41) is 0. The average molecular weight is 445 g/mol. The number of hydrogen-bond acceptors (Lipinski definition) is 6. The third-order valence-electron chi connectivity index (χ3n) is 5.24. The first kappa shape index (κ1) is 21.2. The summed E-state index contributed by atoms with van der Waals surface area (Å²) in [5.74, 6) is 1.58. The second kappa shape index (κ2) is 8.99. The smallest absolute Gasteiger partial charge is 0.246 e. The molecule has 2 aromatic rings. The Morgan fingerprint density at radius 1 is 0.968 bits per heavy atom. The van der Waals surface area contributed by atoms with Gasteiger partial charge >= 0.3 is 0 Å². The number of fused-ring (bicyclic) bond motifs is 1. The zero-order chi connectivity index (χ0) is 21.8. The molecule has 1 amide bonds. The molecule has 1 fully saturated rings. The van der Waals surface area contributed by atoms with Gasteiger partial charge in [0.15, 0.2) is 11.5 Å². The maximum absolute atomic E-state index is 13.0. The number of methoxy groups -OCH3 is 1. The van der Waals surface area contributed by atoms with Gasteiger partial charge in [-0.25, -0.2) is 8.42 Å². The Morgan fingerprint density at radius 3 is 2.32 bits per heavy atom. The third-order valence-corrected chi connectivity index (χ3v) is 7.13. The molecule has 0 spiro atoms. The van der Waals surface area contributed by atoms with E-state index in [4.69, 9.17) is 14.2 Å². The van der Waals surface area contributed by atoms with Crippen LogP contribution in [0.25, 0.3) is 6.08 Å². The Labute approximate surface area is 181 Å². The zero-order valence-electron chi connectivity index (χ0n) is 17.2. The van der Waals surface area contributed by atoms with Crippen molar-refractivity contribution in [2.45, 2.75) is 4.90 Å². The maximum atomic E-state index is 13.0. The summed E-state index contributed by atoms with van der Waals surface area (Å²) in [5.41, 5.74) is 0.883. The molecular formula is C22H24N2O6S. The second-order valence-corrected chi connectivity index (χ2v) is 9.08. The monoisotopic (exact) mass is 444 g/mol. The Morgan fingerprint density at radius 2 is 1.65 bits per heavy atom. The molecule has 9 heteroatoms. The summed E-state index contributed by atoms with van der Waals surface area (Å²) in [7, 11) is -2.08. The fraction of sp³-hybridized carbons (Fsp3) is 0.318. The first-order valence-electron chi connectivity index (χ1n) is 9.98. The van der Waals surface area contributed by atoms with E-state index in [2.05, 4.69) is 0 Å². The normalized spacial score (nSPS) is 17.0. The summed E-state index contributed by atoms with van der Waals surface area (Å²) in [6.07, 6.45) is 3.24. The maximum Gasteiger partial charge on any atom is 0.246 e. The summed E-state index contributed by atoms with van der Waals surface area (Å²) in [6.45, 7) is 1.96. The van der Waals surface area contributed by atoms with Crippen LogP contribution in [0.5, 0.6) is 17.2 Å². The zero-order valence-corrected chi connectivity index (χ0v) is 18.0. The van der Waals surface area contributed by atoms with E-state index >= 15 is 0 Å². The second-order valence-electron chi connectivity index (χ2n) is 7.14. The molecule has 2 aromatic carbocycles. The third kappa shape index (κ3) is 4.67. The fourth-order valence-corrected chi connectivity index (χ4v) is 4.91. The standard InChI is InChI=1S/C22H24N2O6S/c1-28-18-5-2-17(3-6-18)4-9-22(25)23-10-12-24(13-11-23)31(26,27)19-7-8-20-21(16-19)30-15-14-29-20/h2-9,16H,10-15H2,1H3/b9-4+. The molecule has 2 aliphatic rings. The van der Waals surface area contributed by atoms with Gasteiger partial charge in [-0.1, -0.05) is 12.1 Å². The van der Waals surface area contributed by atoms with Crippen molar-refractivity contribution in [3.05, 3.63) is 54.1 Å². The molecule has 164 valence electrons. The minimum absolute atomic E-state index is 0.146. The van der Waals surface area contributed by atoms with Gasteiger partial charge < -0.3 is 19.1 Å². The highest BCUT2D eigenvalue weighted by Gasteiger charge is 2.30. The molecule has 2 heterocycles. The number of carbonyl (C=O) groups is 1. The van der Waals surface area contributed by atoms with Crippen LogP contribution in [0, 0.1) is 0 Å². The Hall–Kier alpha value is -3.04. The highest BCUT2D eigenvalue weighted by Crippen LogP contribution is 2.33. The van der Waals surface area contributed by atoms with E-state index in [-0.39, 0.29) is 23.9 Å². The summed E-state index contributed by atoms with van der Waals surface area (Å²) < 4.78 is 43.5. The topological polar surface area (TPSA) is 85.4 Å². The van der Waals surface area contributed by atoms with Crippen LogP contribution in [0.15, 0.2) is 53.4 Å². The molecule has 0 radical (unpaired) electrons. The molecule has 0 bridgehead atoms. The number of sulfonamides is 1. The van der Waals surface area contributed by atoms with Crippen molar-refractivity contribution >= 4 is 22.0 Å². The van der Waals surface area contributed by atoms with Crippen molar-refractivity contribution < 1.29 is 27.4 Å². The molecule has 0 N–H and O–H groups in total. The molecule has 0 aliphatic carbocycles. The number of ether oxygens (including phenoxy) is 3. The highest BCUT2D eigenvalue weighted by molar-refractivity contribution is 7.89. The van der Waals surface area contributed by atoms with Gasteiger partial charge in [-0.05, 0) is 35.9 Å². The van der Waals surface area contributed by atoms with E-state index in [0.29, 0.717) is 37.8 Å². The van der Waals surface area contributed by atoms with E-state index in [1.54, 1.807) is 24.2 Å². The number of piperazine rings is 1. The van der Waals surface area contributed by atoms with Crippen molar-refractivity contribution in [3.8, 4) is 17.2 Å². The minimum atomic E-state index is -3.68. The summed E-state index contributed by atoms with van der Waals surface area (Å²) >= 11 is 0. The molecule has 0 aromatic heterocycles. The molecule has 8 nitrogen and oxygen atoms in total. The quantitative estimate of drug-likeness (QED) is 0.656. The number of benzene rings is 2. The minimum Gasteiger partial charge on any atom is -0.497 e. The summed E-state index contributed by atoms with van der Waals surface area (Å²) in [6, 6.07) is 12.0. The number of nitrogens with zero attached hydrogens (tertiary/aromatic N) is 2. The van der Waals surface area contributed by atoms with Crippen molar-refractivity contribution in [2.75, 3.05) is 46.5 Å². The van der Waals surface area contributed by atoms with Gasteiger partial charge in [-0.15, -0.1) is 0 Å². The number of carbonyl (C=O) groups excluding carboxylic acids is 1.